The predicted molar refractivity (Wildman–Crippen MR) is 82.5 cm³/mol. The van der Waals surface area contributed by atoms with Crippen LogP contribution in [0, 0.1) is 5.92 Å². The van der Waals surface area contributed by atoms with Crippen molar-refractivity contribution in [2.24, 2.45) is 11.7 Å². The molecule has 0 spiro atoms. The fourth-order valence-electron chi connectivity index (χ4n) is 3.58. The number of piperidine rings is 2. The van der Waals surface area contributed by atoms with Crippen LogP contribution in [0.4, 0.5) is 0 Å². The van der Waals surface area contributed by atoms with Gasteiger partial charge in [0.15, 0.2) is 0 Å². The number of nitrogens with zero attached hydrogens (tertiary/aromatic N) is 2. The molecule has 2 saturated heterocycles. The Labute approximate surface area is 123 Å². The molecule has 116 valence electrons. The molecular formula is C16H31N3O. The van der Waals surface area contributed by atoms with Crippen molar-refractivity contribution in [2.45, 2.75) is 64.5 Å². The van der Waals surface area contributed by atoms with Gasteiger partial charge in [0.25, 0.3) is 0 Å². The summed E-state index contributed by atoms with van der Waals surface area (Å²) >= 11 is 0. The van der Waals surface area contributed by atoms with E-state index in [2.05, 4.69) is 11.8 Å². The molecule has 2 aliphatic rings. The van der Waals surface area contributed by atoms with Gasteiger partial charge in [0.2, 0.25) is 5.91 Å². The summed E-state index contributed by atoms with van der Waals surface area (Å²) in [5.41, 5.74) is 5.90. The minimum absolute atomic E-state index is 0.156. The molecule has 0 aromatic rings. The highest BCUT2D eigenvalue weighted by molar-refractivity contribution is 5.81. The number of carbonyl (C=O) groups is 1. The SMILES string of the molecule is CC[C@H](N)C(=O)N1CCC[C@@H](CN2CCCC[C@@H]2C)C1. The van der Waals surface area contributed by atoms with E-state index >= 15 is 0 Å². The summed E-state index contributed by atoms with van der Waals surface area (Å²) in [7, 11) is 0. The van der Waals surface area contributed by atoms with Gasteiger partial charge in [0, 0.05) is 25.7 Å². The summed E-state index contributed by atoms with van der Waals surface area (Å²) in [5, 5.41) is 0. The number of carbonyl (C=O) groups excluding carboxylic acids is 1. The van der Waals surface area contributed by atoms with Gasteiger partial charge in [0.1, 0.15) is 0 Å². The van der Waals surface area contributed by atoms with E-state index < -0.39 is 0 Å². The van der Waals surface area contributed by atoms with Gasteiger partial charge >= 0.3 is 0 Å². The molecule has 0 saturated carbocycles. The van der Waals surface area contributed by atoms with Gasteiger partial charge in [-0.05, 0) is 51.5 Å². The van der Waals surface area contributed by atoms with Crippen LogP contribution in [-0.4, -0.2) is 54.0 Å². The molecular weight excluding hydrogens is 250 g/mol. The molecule has 2 fully saturated rings. The maximum absolute atomic E-state index is 12.2. The lowest BCUT2D eigenvalue weighted by atomic mass is 9.94. The Bertz CT molecular complexity index is 321. The highest BCUT2D eigenvalue weighted by atomic mass is 16.2. The Morgan fingerprint density at radius 1 is 1.25 bits per heavy atom. The molecule has 20 heavy (non-hydrogen) atoms. The van der Waals surface area contributed by atoms with E-state index in [1.807, 2.05) is 11.8 Å². The van der Waals surface area contributed by atoms with Crippen LogP contribution < -0.4 is 5.73 Å². The summed E-state index contributed by atoms with van der Waals surface area (Å²) in [5.74, 6) is 0.793. The first-order chi connectivity index (χ1) is 9.61. The molecule has 0 bridgehead atoms. The van der Waals surface area contributed by atoms with Crippen molar-refractivity contribution in [3.8, 4) is 0 Å². The average Bonchev–Trinajstić information content (AvgIpc) is 2.48. The van der Waals surface area contributed by atoms with Crippen LogP contribution in [0.25, 0.3) is 0 Å². The van der Waals surface area contributed by atoms with E-state index in [4.69, 9.17) is 5.73 Å². The van der Waals surface area contributed by atoms with Crippen LogP contribution >= 0.6 is 0 Å². The largest absolute Gasteiger partial charge is 0.341 e. The molecule has 2 rings (SSSR count). The van der Waals surface area contributed by atoms with Crippen LogP contribution in [-0.2, 0) is 4.79 Å². The lowest BCUT2D eigenvalue weighted by Crippen LogP contribution is -2.50. The van der Waals surface area contributed by atoms with E-state index in [-0.39, 0.29) is 11.9 Å². The minimum atomic E-state index is -0.303. The molecule has 2 heterocycles. The molecule has 0 aliphatic carbocycles. The standard InChI is InChI=1S/C16H31N3O/c1-3-15(17)16(20)19-10-6-8-14(12-19)11-18-9-5-4-7-13(18)2/h13-15H,3-12,17H2,1-2H3/t13-,14-,15-/m0/s1. The summed E-state index contributed by atoms with van der Waals surface area (Å²) < 4.78 is 0. The second-order valence-corrected chi connectivity index (χ2v) is 6.65. The molecule has 3 atom stereocenters. The maximum Gasteiger partial charge on any atom is 0.239 e. The zero-order valence-corrected chi connectivity index (χ0v) is 13.2. The number of amides is 1. The number of nitrogens with two attached hydrogens (primary N) is 1. The number of hydrogen-bond acceptors (Lipinski definition) is 3. The second kappa shape index (κ2) is 7.41. The zero-order chi connectivity index (χ0) is 14.5. The van der Waals surface area contributed by atoms with Gasteiger partial charge in [-0.25, -0.2) is 0 Å². The van der Waals surface area contributed by atoms with Crippen LogP contribution in [0.2, 0.25) is 0 Å². The molecule has 0 unspecified atom stereocenters. The zero-order valence-electron chi connectivity index (χ0n) is 13.2. The predicted octanol–water partition coefficient (Wildman–Crippen LogP) is 1.84. The molecule has 4 nitrogen and oxygen atoms in total. The number of hydrogen-bond donors (Lipinski definition) is 1. The molecule has 0 radical (unpaired) electrons. The van der Waals surface area contributed by atoms with Crippen molar-refractivity contribution in [1.82, 2.24) is 9.80 Å². The number of likely N-dealkylation sites (tertiary alicyclic amines) is 2. The van der Waals surface area contributed by atoms with Crippen molar-refractivity contribution in [3.05, 3.63) is 0 Å². The summed E-state index contributed by atoms with van der Waals surface area (Å²) in [4.78, 5) is 16.9. The third-order valence-electron chi connectivity index (χ3n) is 5.02. The van der Waals surface area contributed by atoms with Gasteiger partial charge < -0.3 is 15.5 Å². The Hall–Kier alpha value is -0.610. The average molecular weight is 281 g/mol. The fourth-order valence-corrected chi connectivity index (χ4v) is 3.58. The van der Waals surface area contributed by atoms with Gasteiger partial charge in [-0.2, -0.15) is 0 Å². The van der Waals surface area contributed by atoms with Gasteiger partial charge in [-0.15, -0.1) is 0 Å². The maximum atomic E-state index is 12.2. The van der Waals surface area contributed by atoms with E-state index in [1.165, 1.54) is 32.2 Å². The van der Waals surface area contributed by atoms with Crippen molar-refractivity contribution in [3.63, 3.8) is 0 Å². The molecule has 2 N–H and O–H groups in total. The lowest BCUT2D eigenvalue weighted by molar-refractivity contribution is -0.134. The van der Waals surface area contributed by atoms with Gasteiger partial charge in [-0.3, -0.25) is 4.79 Å². The first kappa shape index (κ1) is 15.8. The topological polar surface area (TPSA) is 49.6 Å². The molecule has 1 amide bonds. The quantitative estimate of drug-likeness (QED) is 0.855. The lowest BCUT2D eigenvalue weighted by Gasteiger charge is -2.40. The van der Waals surface area contributed by atoms with Crippen molar-refractivity contribution >= 4 is 5.91 Å². The van der Waals surface area contributed by atoms with Crippen LogP contribution in [0.5, 0.6) is 0 Å². The smallest absolute Gasteiger partial charge is 0.239 e. The summed E-state index contributed by atoms with van der Waals surface area (Å²) in [6.07, 6.45) is 7.17. The molecule has 0 aromatic heterocycles. The molecule has 4 heteroatoms. The van der Waals surface area contributed by atoms with Crippen LogP contribution in [0.3, 0.4) is 0 Å². The Morgan fingerprint density at radius 3 is 2.75 bits per heavy atom. The van der Waals surface area contributed by atoms with E-state index in [0.29, 0.717) is 12.0 Å². The molecule has 0 aromatic carbocycles. The Morgan fingerprint density at radius 2 is 2.05 bits per heavy atom. The fraction of sp³-hybridized carbons (Fsp3) is 0.938. The minimum Gasteiger partial charge on any atom is -0.341 e. The van der Waals surface area contributed by atoms with E-state index in [9.17, 15) is 4.79 Å². The first-order valence-corrected chi connectivity index (χ1v) is 8.40. The van der Waals surface area contributed by atoms with Crippen molar-refractivity contribution in [1.29, 1.82) is 0 Å². The van der Waals surface area contributed by atoms with Gasteiger partial charge in [0.05, 0.1) is 6.04 Å². The van der Waals surface area contributed by atoms with Gasteiger partial charge in [-0.1, -0.05) is 13.3 Å². The van der Waals surface area contributed by atoms with Crippen LogP contribution in [0.15, 0.2) is 0 Å². The monoisotopic (exact) mass is 281 g/mol. The third kappa shape index (κ3) is 3.95. The summed E-state index contributed by atoms with van der Waals surface area (Å²) in [6.45, 7) is 8.54. The first-order valence-electron chi connectivity index (χ1n) is 8.40. The third-order valence-corrected chi connectivity index (χ3v) is 5.02. The Balaban J connectivity index is 1.85. The number of rotatable bonds is 4. The molecule has 2 aliphatic heterocycles. The highest BCUT2D eigenvalue weighted by Gasteiger charge is 2.29. The second-order valence-electron chi connectivity index (χ2n) is 6.65. The Kier molecular flexibility index (Phi) is 5.85. The van der Waals surface area contributed by atoms with E-state index in [0.717, 1.165) is 32.5 Å². The van der Waals surface area contributed by atoms with Crippen LogP contribution in [0.1, 0.15) is 52.4 Å². The normalized spacial score (nSPS) is 30.2. The highest BCUT2D eigenvalue weighted by Crippen LogP contribution is 2.23. The van der Waals surface area contributed by atoms with Crippen molar-refractivity contribution in [2.75, 3.05) is 26.2 Å². The summed E-state index contributed by atoms with van der Waals surface area (Å²) in [6, 6.07) is 0.412. The van der Waals surface area contributed by atoms with Crippen molar-refractivity contribution < 1.29 is 4.79 Å². The van der Waals surface area contributed by atoms with E-state index in [1.54, 1.807) is 0 Å².